The molecule has 0 bridgehead atoms. The fraction of sp³-hybridized carbons (Fsp3) is 1.00. The van der Waals surface area contributed by atoms with Crippen LogP contribution in [0.4, 0.5) is 0 Å². The first-order chi connectivity index (χ1) is 2.77. The summed E-state index contributed by atoms with van der Waals surface area (Å²) in [5, 5.41) is 0. The average Bonchev–Trinajstić information content (AvgIpc) is 1.35. The fourth-order valence-electron chi connectivity index (χ4n) is 0.333. The van der Waals surface area contributed by atoms with Gasteiger partial charge in [-0.3, -0.25) is 0 Å². The second kappa shape index (κ2) is 3.78. The maximum atomic E-state index is 5.23. The van der Waals surface area contributed by atoms with E-state index >= 15 is 0 Å². The maximum absolute atomic E-state index is 5.23. The Labute approximate surface area is 45.1 Å². The molecule has 0 aliphatic rings. The SMILES string of the molecule is CC[O][Ga]([CH3])[CH3]. The number of hydrogen-bond donors (Lipinski definition) is 0. The van der Waals surface area contributed by atoms with Gasteiger partial charge in [-0.05, 0) is 0 Å². The number of rotatable bonds is 2. The second-order valence-electron chi connectivity index (χ2n) is 1.50. The summed E-state index contributed by atoms with van der Waals surface area (Å²) in [6.07, 6.45) is 0. The van der Waals surface area contributed by atoms with Crippen molar-refractivity contribution < 1.29 is 3.53 Å². The molecule has 0 atom stereocenters. The van der Waals surface area contributed by atoms with E-state index in [2.05, 4.69) is 11.0 Å². The van der Waals surface area contributed by atoms with Gasteiger partial charge in [0, 0.05) is 0 Å². The van der Waals surface area contributed by atoms with Crippen LogP contribution in [0.5, 0.6) is 0 Å². The summed E-state index contributed by atoms with van der Waals surface area (Å²) in [6, 6.07) is 0. The van der Waals surface area contributed by atoms with Gasteiger partial charge < -0.3 is 0 Å². The van der Waals surface area contributed by atoms with E-state index in [9.17, 15) is 0 Å². The fourth-order valence-corrected chi connectivity index (χ4v) is 1.73. The Morgan fingerprint density at radius 2 is 2.00 bits per heavy atom. The molecule has 0 spiro atoms. The Hall–Kier alpha value is 0.596. The van der Waals surface area contributed by atoms with E-state index < -0.39 is 16.6 Å². The van der Waals surface area contributed by atoms with Gasteiger partial charge in [0.25, 0.3) is 0 Å². The third kappa shape index (κ3) is 4.60. The quantitative estimate of drug-likeness (QED) is 0.531. The molecular weight excluding hydrogens is 134 g/mol. The van der Waals surface area contributed by atoms with E-state index in [1.54, 1.807) is 0 Å². The van der Waals surface area contributed by atoms with Gasteiger partial charge in [-0.2, -0.15) is 0 Å². The molecule has 0 amide bonds. The normalized spacial score (nSPS) is 8.50. The molecule has 0 unspecified atom stereocenters. The van der Waals surface area contributed by atoms with Crippen LogP contribution in [-0.2, 0) is 3.53 Å². The van der Waals surface area contributed by atoms with Crippen LogP contribution in [0, 0.1) is 0 Å². The third-order valence-corrected chi connectivity index (χ3v) is 2.60. The van der Waals surface area contributed by atoms with E-state index in [0.29, 0.717) is 0 Å². The van der Waals surface area contributed by atoms with Crippen LogP contribution in [-0.4, -0.2) is 23.2 Å². The van der Waals surface area contributed by atoms with Crippen molar-refractivity contribution in [2.75, 3.05) is 6.61 Å². The molecule has 36 valence electrons. The second-order valence-corrected chi connectivity index (χ2v) is 6.60. The third-order valence-electron chi connectivity index (χ3n) is 0.500. The van der Waals surface area contributed by atoms with Gasteiger partial charge in [-0.15, -0.1) is 0 Å². The molecule has 0 rings (SSSR count). The van der Waals surface area contributed by atoms with Gasteiger partial charge in [0.05, 0.1) is 0 Å². The average molecular weight is 145 g/mol. The molecule has 0 aromatic rings. The molecular formula is C4H11GaO. The Morgan fingerprint density at radius 3 is 2.00 bits per heavy atom. The Kier molecular flexibility index (Phi) is 4.15. The zero-order chi connectivity index (χ0) is 4.99. The zero-order valence-electron chi connectivity index (χ0n) is 4.69. The van der Waals surface area contributed by atoms with Gasteiger partial charge in [-0.25, -0.2) is 0 Å². The van der Waals surface area contributed by atoms with E-state index in [1.807, 2.05) is 6.92 Å². The molecule has 0 aliphatic heterocycles. The molecule has 6 heavy (non-hydrogen) atoms. The summed E-state index contributed by atoms with van der Waals surface area (Å²) in [4.78, 5) is 0. The topological polar surface area (TPSA) is 9.23 Å². The molecule has 0 radical (unpaired) electrons. The molecule has 0 fully saturated rings. The molecule has 2 heteroatoms. The van der Waals surface area contributed by atoms with Crippen molar-refractivity contribution in [3.05, 3.63) is 0 Å². The van der Waals surface area contributed by atoms with Crippen molar-refractivity contribution in [1.82, 2.24) is 0 Å². The van der Waals surface area contributed by atoms with Crippen LogP contribution in [0.1, 0.15) is 6.92 Å². The van der Waals surface area contributed by atoms with E-state index in [0.717, 1.165) is 6.61 Å². The Balaban J connectivity index is 2.63. The molecule has 0 N–H and O–H groups in total. The first-order valence-corrected chi connectivity index (χ1v) is 8.22. The van der Waals surface area contributed by atoms with E-state index in [4.69, 9.17) is 3.53 Å². The van der Waals surface area contributed by atoms with Crippen molar-refractivity contribution in [3.8, 4) is 0 Å². The van der Waals surface area contributed by atoms with Crippen LogP contribution in [0.2, 0.25) is 11.0 Å². The Morgan fingerprint density at radius 1 is 1.50 bits per heavy atom. The monoisotopic (exact) mass is 144 g/mol. The molecule has 0 aromatic heterocycles. The summed E-state index contributed by atoms with van der Waals surface area (Å²) >= 11 is -1.04. The summed E-state index contributed by atoms with van der Waals surface area (Å²) in [7, 11) is 0. The van der Waals surface area contributed by atoms with Crippen LogP contribution < -0.4 is 0 Å². The predicted molar refractivity (Wildman–Crippen MR) is 29.1 cm³/mol. The first kappa shape index (κ1) is 6.60. The molecule has 1 nitrogen and oxygen atoms in total. The van der Waals surface area contributed by atoms with Gasteiger partial charge >= 0.3 is 44.6 Å². The summed E-state index contributed by atoms with van der Waals surface area (Å²) in [5.74, 6) is 0. The van der Waals surface area contributed by atoms with E-state index in [-0.39, 0.29) is 0 Å². The summed E-state index contributed by atoms with van der Waals surface area (Å²) < 4.78 is 5.23. The standard InChI is InChI=1S/C2H5O.2CH3.Ga/c1-2-3;;;/h2H2,1H3;2*1H3;/q-1;;;+1. The minimum atomic E-state index is -1.04. The van der Waals surface area contributed by atoms with Gasteiger partial charge in [0.15, 0.2) is 0 Å². The Bertz CT molecular complexity index is 28.7. The van der Waals surface area contributed by atoms with Crippen LogP contribution in [0.25, 0.3) is 0 Å². The van der Waals surface area contributed by atoms with Gasteiger partial charge in [0.1, 0.15) is 0 Å². The molecule has 0 aromatic carbocycles. The van der Waals surface area contributed by atoms with Crippen molar-refractivity contribution >= 4 is 16.6 Å². The van der Waals surface area contributed by atoms with E-state index in [1.165, 1.54) is 0 Å². The predicted octanol–water partition coefficient (Wildman–Crippen LogP) is 1.27. The molecule has 0 heterocycles. The summed E-state index contributed by atoms with van der Waals surface area (Å²) in [5.41, 5.74) is 4.44. The summed E-state index contributed by atoms with van der Waals surface area (Å²) in [6.45, 7) is 2.96. The van der Waals surface area contributed by atoms with Gasteiger partial charge in [0.2, 0.25) is 0 Å². The van der Waals surface area contributed by atoms with Crippen molar-refractivity contribution in [1.29, 1.82) is 0 Å². The number of hydrogen-bond acceptors (Lipinski definition) is 1. The molecule has 0 aliphatic carbocycles. The molecule has 0 saturated carbocycles. The van der Waals surface area contributed by atoms with Gasteiger partial charge in [-0.1, -0.05) is 0 Å². The van der Waals surface area contributed by atoms with Crippen molar-refractivity contribution in [2.45, 2.75) is 17.9 Å². The van der Waals surface area contributed by atoms with Crippen molar-refractivity contribution in [3.63, 3.8) is 0 Å². The van der Waals surface area contributed by atoms with Crippen LogP contribution in [0.15, 0.2) is 0 Å². The minimum absolute atomic E-state index is 0.914. The molecule has 0 saturated heterocycles. The first-order valence-electron chi connectivity index (χ1n) is 2.39. The van der Waals surface area contributed by atoms with Crippen LogP contribution in [0.3, 0.4) is 0 Å². The van der Waals surface area contributed by atoms with Crippen molar-refractivity contribution in [2.24, 2.45) is 0 Å². The van der Waals surface area contributed by atoms with Crippen LogP contribution >= 0.6 is 0 Å². The zero-order valence-corrected chi connectivity index (χ0v) is 7.12.